The van der Waals surface area contributed by atoms with Gasteiger partial charge in [-0.1, -0.05) is 66.2 Å². The lowest BCUT2D eigenvalue weighted by Gasteiger charge is -2.49. The van der Waals surface area contributed by atoms with Gasteiger partial charge in [0.2, 0.25) is 23.6 Å². The lowest BCUT2D eigenvalue weighted by molar-refractivity contribution is -0.143. The molecule has 2 aliphatic carbocycles. The third-order valence-electron chi connectivity index (χ3n) is 11.7. The van der Waals surface area contributed by atoms with E-state index in [1.54, 1.807) is 55.5 Å². The molecule has 2 heterocycles. The van der Waals surface area contributed by atoms with E-state index in [2.05, 4.69) is 0 Å². The highest BCUT2D eigenvalue weighted by molar-refractivity contribution is 6.25. The molecule has 4 aliphatic rings. The molecule has 2 saturated heterocycles. The van der Waals surface area contributed by atoms with Crippen LogP contribution in [0.25, 0.3) is 0 Å². The monoisotopic (exact) mass is 774 g/mol. The first-order valence-corrected chi connectivity index (χ1v) is 17.8. The molecule has 288 valence electrons. The van der Waals surface area contributed by atoms with E-state index in [1.165, 1.54) is 6.07 Å². The zero-order valence-corrected chi connectivity index (χ0v) is 29.5. The number of carbonyl (C=O) groups is 4. The molecule has 0 aromatic heterocycles. The number of amides is 4. The number of phenols is 1. The molecular weight excluding hydrogens is 742 g/mol. The summed E-state index contributed by atoms with van der Waals surface area (Å²) in [5, 5.41) is 11.6. The maximum atomic E-state index is 14.6. The van der Waals surface area contributed by atoms with Crippen molar-refractivity contribution < 1.29 is 55.4 Å². The van der Waals surface area contributed by atoms with Gasteiger partial charge in [-0.3, -0.25) is 19.2 Å². The normalized spacial score (nSPS) is 26.2. The summed E-state index contributed by atoms with van der Waals surface area (Å²) in [5.74, 6) is -8.67. The molecule has 2 aliphatic heterocycles. The van der Waals surface area contributed by atoms with Gasteiger partial charge in [-0.25, -0.2) is 9.80 Å². The van der Waals surface area contributed by atoms with E-state index in [9.17, 15) is 50.6 Å². The highest BCUT2D eigenvalue weighted by Gasteiger charge is 2.68. The SMILES string of the molecule is C[C@@]12C(=O)N(c3ccccc3)C(=O)[C@@H]1C[C@@H]1C(=CC[C@@H]3C(=O)N(c4cc(C(F)(F)F)cc(C(F)(F)F)c4)C(=O)[C@@H]31)[C@@H]2c1ccc(OCc2ccccc2)cc1O. The van der Waals surface area contributed by atoms with Crippen LogP contribution < -0.4 is 14.5 Å². The van der Waals surface area contributed by atoms with Crippen LogP contribution in [0.4, 0.5) is 37.7 Å². The molecule has 4 aromatic carbocycles. The van der Waals surface area contributed by atoms with Crippen LogP contribution in [-0.4, -0.2) is 28.7 Å². The Bertz CT molecular complexity index is 2280. The van der Waals surface area contributed by atoms with Gasteiger partial charge in [-0.15, -0.1) is 0 Å². The van der Waals surface area contributed by atoms with E-state index >= 15 is 0 Å². The van der Waals surface area contributed by atoms with E-state index in [0.717, 1.165) is 10.5 Å². The molecule has 14 heteroatoms. The zero-order chi connectivity index (χ0) is 39.9. The number of phenolic OH excluding ortho intramolecular Hbond substituents is 1. The van der Waals surface area contributed by atoms with Crippen molar-refractivity contribution in [1.29, 1.82) is 0 Å². The van der Waals surface area contributed by atoms with Crippen molar-refractivity contribution >= 4 is 35.0 Å². The van der Waals surface area contributed by atoms with E-state index in [0.29, 0.717) is 34.0 Å². The smallest absolute Gasteiger partial charge is 0.416 e. The Morgan fingerprint density at radius 2 is 1.36 bits per heavy atom. The molecular formula is C42H32F6N2O6. The van der Waals surface area contributed by atoms with E-state index < -0.39 is 87.8 Å². The summed E-state index contributed by atoms with van der Waals surface area (Å²) in [5.41, 5.74) is -3.93. The summed E-state index contributed by atoms with van der Waals surface area (Å²) in [6.45, 7) is 1.80. The van der Waals surface area contributed by atoms with Crippen LogP contribution in [-0.2, 0) is 38.1 Å². The first kappa shape index (κ1) is 37.0. The van der Waals surface area contributed by atoms with Gasteiger partial charge >= 0.3 is 12.4 Å². The van der Waals surface area contributed by atoms with Crippen molar-refractivity contribution in [2.45, 2.75) is 44.6 Å². The molecule has 0 bridgehead atoms. The summed E-state index contributed by atoms with van der Waals surface area (Å²) in [4.78, 5) is 58.8. The van der Waals surface area contributed by atoms with Gasteiger partial charge in [-0.05, 0) is 67.6 Å². The van der Waals surface area contributed by atoms with Gasteiger partial charge < -0.3 is 9.84 Å². The lowest BCUT2D eigenvalue weighted by Crippen LogP contribution is -2.48. The second-order valence-corrected chi connectivity index (χ2v) is 14.8. The first-order valence-electron chi connectivity index (χ1n) is 17.8. The number of alkyl halides is 6. The van der Waals surface area contributed by atoms with E-state index in [1.807, 2.05) is 30.3 Å². The lowest BCUT2D eigenvalue weighted by atomic mass is 9.51. The molecule has 6 atom stereocenters. The summed E-state index contributed by atoms with van der Waals surface area (Å²) in [6.07, 6.45) is -9.06. The third kappa shape index (κ3) is 5.84. The molecule has 0 unspecified atom stereocenters. The number of halogens is 6. The molecule has 3 fully saturated rings. The second-order valence-electron chi connectivity index (χ2n) is 14.8. The Balaban J connectivity index is 1.22. The van der Waals surface area contributed by atoms with Crippen molar-refractivity contribution in [3.8, 4) is 11.5 Å². The number of nitrogens with zero attached hydrogens (tertiary/aromatic N) is 2. The van der Waals surface area contributed by atoms with Crippen LogP contribution in [0.3, 0.4) is 0 Å². The first-order chi connectivity index (χ1) is 26.5. The van der Waals surface area contributed by atoms with Crippen molar-refractivity contribution in [2.24, 2.45) is 29.1 Å². The van der Waals surface area contributed by atoms with Crippen LogP contribution in [0.15, 0.2) is 109 Å². The molecule has 4 aromatic rings. The molecule has 0 radical (unpaired) electrons. The number of anilines is 2. The van der Waals surface area contributed by atoms with Crippen LogP contribution in [0.1, 0.15) is 47.9 Å². The molecule has 4 amide bonds. The number of carbonyl (C=O) groups excluding carboxylic acids is 4. The Kier molecular flexibility index (Phi) is 8.66. The van der Waals surface area contributed by atoms with Crippen LogP contribution in [0.2, 0.25) is 0 Å². The summed E-state index contributed by atoms with van der Waals surface area (Å²) >= 11 is 0. The maximum absolute atomic E-state index is 14.6. The van der Waals surface area contributed by atoms with E-state index in [4.69, 9.17) is 4.74 Å². The third-order valence-corrected chi connectivity index (χ3v) is 11.7. The van der Waals surface area contributed by atoms with Gasteiger partial charge in [-0.2, -0.15) is 26.3 Å². The number of rotatable bonds is 6. The number of allylic oxidation sites excluding steroid dienone is 2. The van der Waals surface area contributed by atoms with E-state index in [-0.39, 0.29) is 36.8 Å². The standard InChI is InChI=1S/C42H32F6N2O6/c1-40-32(37(53)50(39(40)55)25-10-6-3-7-11-25)20-31-28(35(40)29-13-12-27(19-33(29)51)56-21-22-8-4-2-5-9-22)14-15-30-34(31)38(54)49(36(30)52)26-17-23(41(43,44)45)16-24(18-26)42(46,47)48/h2-14,16-19,30-32,34-35,51H,15,20-21H2,1H3/t30-,31+,32-,34-,35+,40+/m0/s1. The average molecular weight is 775 g/mol. The van der Waals surface area contributed by atoms with Gasteiger partial charge in [0.15, 0.2) is 0 Å². The second kappa shape index (κ2) is 13.1. The van der Waals surface area contributed by atoms with Crippen LogP contribution >= 0.6 is 0 Å². The maximum Gasteiger partial charge on any atom is 0.416 e. The minimum absolute atomic E-state index is 0.0839. The molecule has 1 N–H and O–H groups in total. The highest BCUT2D eigenvalue weighted by Crippen LogP contribution is 2.64. The average Bonchev–Trinajstić information content (AvgIpc) is 3.53. The molecule has 8 nitrogen and oxygen atoms in total. The summed E-state index contributed by atoms with van der Waals surface area (Å²) in [6, 6.07) is 22.6. The number of benzene rings is 4. The van der Waals surface area contributed by atoms with Crippen molar-refractivity contribution in [1.82, 2.24) is 0 Å². The Hall–Kier alpha value is -5.92. The Labute approximate surface area is 316 Å². The fourth-order valence-corrected chi connectivity index (χ4v) is 9.10. The number of ether oxygens (including phenoxy) is 1. The molecule has 0 spiro atoms. The van der Waals surface area contributed by atoms with Crippen LogP contribution in [0.5, 0.6) is 11.5 Å². The topological polar surface area (TPSA) is 104 Å². The number of fused-ring (bicyclic) bond motifs is 4. The minimum atomic E-state index is -5.23. The number of para-hydroxylation sites is 1. The van der Waals surface area contributed by atoms with Crippen LogP contribution in [0, 0.1) is 29.1 Å². The quantitative estimate of drug-likeness (QED) is 0.120. The zero-order valence-electron chi connectivity index (χ0n) is 29.5. The predicted octanol–water partition coefficient (Wildman–Crippen LogP) is 8.44. The van der Waals surface area contributed by atoms with Gasteiger partial charge in [0.25, 0.3) is 0 Å². The number of imide groups is 2. The highest BCUT2D eigenvalue weighted by atomic mass is 19.4. The van der Waals surface area contributed by atoms with Crippen molar-refractivity contribution in [2.75, 3.05) is 9.80 Å². The number of aromatic hydroxyl groups is 1. The summed E-state index contributed by atoms with van der Waals surface area (Å²) in [7, 11) is 0. The van der Waals surface area contributed by atoms with Crippen molar-refractivity contribution in [3.63, 3.8) is 0 Å². The van der Waals surface area contributed by atoms with Gasteiger partial charge in [0, 0.05) is 17.5 Å². The molecule has 1 saturated carbocycles. The summed E-state index contributed by atoms with van der Waals surface area (Å²) < 4.78 is 89.0. The number of hydrogen-bond donors (Lipinski definition) is 1. The molecule has 8 rings (SSSR count). The fraction of sp³-hybridized carbons (Fsp3) is 0.286. The van der Waals surface area contributed by atoms with Gasteiger partial charge in [0.1, 0.15) is 18.1 Å². The fourth-order valence-electron chi connectivity index (χ4n) is 9.10. The number of hydrogen-bond acceptors (Lipinski definition) is 6. The molecule has 56 heavy (non-hydrogen) atoms. The largest absolute Gasteiger partial charge is 0.508 e. The van der Waals surface area contributed by atoms with Crippen molar-refractivity contribution in [3.05, 3.63) is 131 Å². The predicted molar refractivity (Wildman–Crippen MR) is 189 cm³/mol. The van der Waals surface area contributed by atoms with Gasteiger partial charge in [0.05, 0.1) is 45.7 Å². The Morgan fingerprint density at radius 1 is 0.732 bits per heavy atom. The minimum Gasteiger partial charge on any atom is -0.508 e. The Morgan fingerprint density at radius 3 is 1.96 bits per heavy atom.